The van der Waals surface area contributed by atoms with Crippen LogP contribution in [0.4, 0.5) is 0 Å². The molecule has 5 aromatic rings. The number of aliphatic hydroxyl groups is 1. The maximum Gasteiger partial charge on any atom is 0.374 e. The maximum atomic E-state index is 13.7. The van der Waals surface area contributed by atoms with Gasteiger partial charge in [0.05, 0.1) is 50.2 Å². The van der Waals surface area contributed by atoms with Crippen molar-refractivity contribution in [2.24, 2.45) is 0 Å². The molecule has 4 N–H and O–H groups in total. The normalized spacial score (nSPS) is 11.9. The molecule has 0 aliphatic rings. The van der Waals surface area contributed by atoms with Crippen LogP contribution in [0.1, 0.15) is 44.6 Å². The van der Waals surface area contributed by atoms with Crippen LogP contribution in [0.2, 0.25) is 0 Å². The van der Waals surface area contributed by atoms with Crippen LogP contribution in [0, 0.1) is 0 Å². The number of aliphatic hydroxyl groups excluding tert-OH is 1. The zero-order chi connectivity index (χ0) is 31.9. The summed E-state index contributed by atoms with van der Waals surface area (Å²) in [4.78, 5) is 50.5. The number of para-hydroxylation sites is 1. The van der Waals surface area contributed by atoms with Crippen LogP contribution in [0.25, 0.3) is 32.3 Å². The highest BCUT2D eigenvalue weighted by atomic mass is 16.5. The molecule has 0 spiro atoms. The third kappa shape index (κ3) is 5.01. The highest BCUT2D eigenvalue weighted by Gasteiger charge is 2.29. The number of rotatable bonds is 9. The SMILES string of the molecule is COC(=O)c1cc2cc3cc4cc(CC(=O)O)c(C(=O)CC(O)c5ccccc5O)c(OC)c4c(OC)c3c(O)c2c(=O)o1. The van der Waals surface area contributed by atoms with E-state index >= 15 is 0 Å². The molecule has 0 aliphatic carbocycles. The smallest absolute Gasteiger partial charge is 0.374 e. The zero-order valence-electron chi connectivity index (χ0n) is 23.7. The minimum Gasteiger partial charge on any atom is -0.508 e. The number of Topliss-reactive ketones (excluding diaryl/α,β-unsaturated/α-hetero) is 1. The number of ether oxygens (including phenoxy) is 3. The quantitative estimate of drug-likeness (QED) is 0.107. The van der Waals surface area contributed by atoms with Gasteiger partial charge in [-0.05, 0) is 52.1 Å². The van der Waals surface area contributed by atoms with E-state index in [0.717, 1.165) is 7.11 Å². The standard InChI is InChI=1S/C32H26O12/c1-41-29-24(21(35)13-20(34)18-6-4-5-7-19(18)33)17(12-23(36)37)10-15-8-14-9-16-11-22(31(39)43-3)44-32(40)26(16)28(38)25(14)30(42-2)27(15)29/h4-11,20,33-34,38H,12-13H2,1-3H3,(H,36,37). The predicted molar refractivity (Wildman–Crippen MR) is 157 cm³/mol. The highest BCUT2D eigenvalue weighted by molar-refractivity contribution is 6.18. The van der Waals surface area contributed by atoms with E-state index < -0.39 is 48.0 Å². The zero-order valence-corrected chi connectivity index (χ0v) is 23.7. The lowest BCUT2D eigenvalue weighted by Crippen LogP contribution is -2.14. The van der Waals surface area contributed by atoms with Gasteiger partial charge < -0.3 is 39.1 Å². The molecular formula is C32H26O12. The van der Waals surface area contributed by atoms with Crippen molar-refractivity contribution in [3.63, 3.8) is 0 Å². The third-order valence-corrected chi connectivity index (χ3v) is 7.30. The van der Waals surface area contributed by atoms with Crippen LogP contribution in [0.15, 0.2) is 57.7 Å². The summed E-state index contributed by atoms with van der Waals surface area (Å²) >= 11 is 0. The third-order valence-electron chi connectivity index (χ3n) is 7.30. The Morgan fingerprint density at radius 2 is 1.50 bits per heavy atom. The molecule has 0 amide bonds. The minimum absolute atomic E-state index is 0.00220. The van der Waals surface area contributed by atoms with Crippen LogP contribution in [0.5, 0.6) is 23.0 Å². The highest BCUT2D eigenvalue weighted by Crippen LogP contribution is 2.48. The number of carbonyl (C=O) groups excluding carboxylic acids is 2. The van der Waals surface area contributed by atoms with Crippen molar-refractivity contribution in [1.29, 1.82) is 0 Å². The molecule has 0 radical (unpaired) electrons. The summed E-state index contributed by atoms with van der Waals surface area (Å²) in [6.07, 6.45) is -2.53. The number of carboxylic acids is 1. The number of carboxylic acid groups (broad SMARTS) is 1. The monoisotopic (exact) mass is 602 g/mol. The molecule has 0 bridgehead atoms. The topological polar surface area (TPSA) is 190 Å². The molecule has 12 heteroatoms. The Labute approximate surface area is 248 Å². The van der Waals surface area contributed by atoms with Crippen molar-refractivity contribution in [2.75, 3.05) is 21.3 Å². The molecule has 1 atom stereocenters. The number of methoxy groups -OCH3 is 3. The van der Waals surface area contributed by atoms with Gasteiger partial charge in [0.15, 0.2) is 5.78 Å². The molecule has 1 unspecified atom stereocenters. The Kier molecular flexibility index (Phi) is 7.85. The van der Waals surface area contributed by atoms with Gasteiger partial charge in [0.25, 0.3) is 0 Å². The number of aliphatic carboxylic acids is 1. The van der Waals surface area contributed by atoms with E-state index in [4.69, 9.17) is 13.9 Å². The number of fused-ring (bicyclic) bond motifs is 3. The van der Waals surface area contributed by atoms with Gasteiger partial charge in [0.2, 0.25) is 5.76 Å². The Morgan fingerprint density at radius 1 is 0.864 bits per heavy atom. The maximum absolute atomic E-state index is 13.7. The number of phenols is 2. The Hall–Kier alpha value is -5.62. The van der Waals surface area contributed by atoms with E-state index in [0.29, 0.717) is 10.8 Å². The van der Waals surface area contributed by atoms with Crippen molar-refractivity contribution >= 4 is 50.0 Å². The fraction of sp³-hybridized carbons (Fsp3) is 0.188. The van der Waals surface area contributed by atoms with Crippen molar-refractivity contribution in [3.8, 4) is 23.0 Å². The second kappa shape index (κ2) is 11.6. The number of carbonyl (C=O) groups is 3. The van der Waals surface area contributed by atoms with Crippen LogP contribution in [0.3, 0.4) is 0 Å². The minimum atomic E-state index is -1.43. The number of esters is 1. The first-order valence-electron chi connectivity index (χ1n) is 13.1. The van der Waals surface area contributed by atoms with Gasteiger partial charge >= 0.3 is 17.6 Å². The fourth-order valence-corrected chi connectivity index (χ4v) is 5.46. The lowest BCUT2D eigenvalue weighted by atomic mass is 9.89. The molecule has 0 aliphatic heterocycles. The summed E-state index contributed by atoms with van der Waals surface area (Å²) in [5.41, 5.74) is -0.967. The molecule has 226 valence electrons. The van der Waals surface area contributed by atoms with Crippen molar-refractivity contribution in [2.45, 2.75) is 18.9 Å². The van der Waals surface area contributed by atoms with Crippen LogP contribution < -0.4 is 15.1 Å². The van der Waals surface area contributed by atoms with Gasteiger partial charge in [0, 0.05) is 12.0 Å². The van der Waals surface area contributed by atoms with Gasteiger partial charge in [-0.3, -0.25) is 9.59 Å². The van der Waals surface area contributed by atoms with Gasteiger partial charge in [-0.1, -0.05) is 18.2 Å². The van der Waals surface area contributed by atoms with Gasteiger partial charge in [-0.15, -0.1) is 0 Å². The molecule has 5 rings (SSSR count). The number of ketones is 1. The number of hydrogen-bond acceptors (Lipinski definition) is 11. The molecular weight excluding hydrogens is 576 g/mol. The second-order valence-corrected chi connectivity index (χ2v) is 9.90. The molecule has 4 aromatic carbocycles. The summed E-state index contributed by atoms with van der Waals surface area (Å²) in [5.74, 6) is -4.02. The molecule has 0 saturated heterocycles. The van der Waals surface area contributed by atoms with E-state index in [1.807, 2.05) is 0 Å². The van der Waals surface area contributed by atoms with Gasteiger partial charge in [-0.25, -0.2) is 9.59 Å². The number of benzene rings is 4. The molecule has 0 saturated carbocycles. The van der Waals surface area contributed by atoms with E-state index in [2.05, 4.69) is 4.74 Å². The molecule has 44 heavy (non-hydrogen) atoms. The summed E-state index contributed by atoms with van der Waals surface area (Å²) in [7, 11) is 3.69. The first kappa shape index (κ1) is 29.9. The summed E-state index contributed by atoms with van der Waals surface area (Å²) in [6.45, 7) is 0. The number of hydrogen-bond donors (Lipinski definition) is 4. The van der Waals surface area contributed by atoms with Gasteiger partial charge in [-0.2, -0.15) is 0 Å². The largest absolute Gasteiger partial charge is 0.508 e. The van der Waals surface area contributed by atoms with Crippen LogP contribution in [-0.2, 0) is 16.0 Å². The van der Waals surface area contributed by atoms with E-state index in [-0.39, 0.29) is 61.2 Å². The summed E-state index contributed by atoms with van der Waals surface area (Å²) in [5, 5.41) is 42.8. The number of aromatic hydroxyl groups is 2. The Bertz CT molecular complexity index is 2060. The number of phenolic OH excluding ortho intramolecular Hbond substituents is 2. The average molecular weight is 603 g/mol. The van der Waals surface area contributed by atoms with E-state index in [1.165, 1.54) is 44.6 Å². The van der Waals surface area contributed by atoms with Crippen molar-refractivity contribution < 1.29 is 53.4 Å². The van der Waals surface area contributed by atoms with Gasteiger partial charge in [0.1, 0.15) is 28.4 Å². The Balaban J connectivity index is 1.82. The second-order valence-electron chi connectivity index (χ2n) is 9.90. The lowest BCUT2D eigenvalue weighted by molar-refractivity contribution is -0.136. The fourth-order valence-electron chi connectivity index (χ4n) is 5.46. The molecule has 1 heterocycles. The van der Waals surface area contributed by atoms with Crippen molar-refractivity contribution in [3.05, 3.63) is 81.4 Å². The van der Waals surface area contributed by atoms with Crippen LogP contribution in [-0.4, -0.2) is 59.5 Å². The molecule has 1 aromatic heterocycles. The molecule has 0 fully saturated rings. The van der Waals surface area contributed by atoms with Crippen molar-refractivity contribution in [1.82, 2.24) is 0 Å². The lowest BCUT2D eigenvalue weighted by Gasteiger charge is -2.20. The van der Waals surface area contributed by atoms with E-state index in [1.54, 1.807) is 18.2 Å². The Morgan fingerprint density at radius 3 is 2.11 bits per heavy atom. The predicted octanol–water partition coefficient (Wildman–Crippen LogP) is 4.25. The summed E-state index contributed by atoms with van der Waals surface area (Å²) in [6, 6.07) is 11.8. The molecule has 12 nitrogen and oxygen atoms in total. The first-order chi connectivity index (χ1) is 21.0. The first-order valence-corrected chi connectivity index (χ1v) is 13.1. The average Bonchev–Trinajstić information content (AvgIpc) is 2.98. The van der Waals surface area contributed by atoms with Crippen LogP contribution >= 0.6 is 0 Å². The summed E-state index contributed by atoms with van der Waals surface area (Å²) < 4.78 is 21.1. The van der Waals surface area contributed by atoms with E-state index in [9.17, 15) is 39.6 Å².